The first-order valence-electron chi connectivity index (χ1n) is 7.58. The van der Waals surface area contributed by atoms with Crippen LogP contribution in [0.4, 0.5) is 0 Å². The lowest BCUT2D eigenvalue weighted by molar-refractivity contribution is 0.210. The summed E-state index contributed by atoms with van der Waals surface area (Å²) in [5.41, 5.74) is 1.81. The molecular weight excluding hydrogens is 306 g/mol. The zero-order chi connectivity index (χ0) is 17.2. The minimum atomic E-state index is 0.381. The second-order valence-corrected chi connectivity index (χ2v) is 4.95. The van der Waals surface area contributed by atoms with Gasteiger partial charge in [0.1, 0.15) is 19.0 Å². The Morgan fingerprint density at radius 1 is 1.04 bits per heavy atom. The van der Waals surface area contributed by atoms with Crippen LogP contribution in [0.25, 0.3) is 0 Å². The molecule has 126 valence electrons. The Balaban J connectivity index is 1.92. The SMILES string of the molecule is C=CCc1ccccc1OCCOc1ccc(C=NO)cc1OC. The zero-order valence-corrected chi connectivity index (χ0v) is 13.6. The summed E-state index contributed by atoms with van der Waals surface area (Å²) in [6, 6.07) is 13.1. The standard InChI is InChI=1S/C19H21NO4/c1-3-6-16-7-4-5-8-17(16)23-11-12-24-18-10-9-15(14-20-21)13-19(18)22-2/h3-5,7-10,13-14,21H,1,6,11-12H2,2H3. The normalized spacial score (nSPS) is 10.5. The highest BCUT2D eigenvalue weighted by Crippen LogP contribution is 2.27. The predicted molar refractivity (Wildman–Crippen MR) is 93.7 cm³/mol. The Morgan fingerprint density at radius 3 is 2.50 bits per heavy atom. The van der Waals surface area contributed by atoms with Gasteiger partial charge >= 0.3 is 0 Å². The first-order valence-corrected chi connectivity index (χ1v) is 7.58. The average molecular weight is 327 g/mol. The summed E-state index contributed by atoms with van der Waals surface area (Å²) in [5, 5.41) is 11.6. The molecule has 5 heteroatoms. The first kappa shape index (κ1) is 17.4. The quantitative estimate of drug-likeness (QED) is 0.251. The molecule has 0 radical (unpaired) electrons. The van der Waals surface area contributed by atoms with Crippen LogP contribution in [0.15, 0.2) is 60.3 Å². The van der Waals surface area contributed by atoms with Gasteiger partial charge in [0, 0.05) is 5.56 Å². The summed E-state index contributed by atoms with van der Waals surface area (Å²) in [6.07, 6.45) is 3.94. The highest BCUT2D eigenvalue weighted by Gasteiger charge is 2.06. The van der Waals surface area contributed by atoms with Crippen molar-refractivity contribution in [3.63, 3.8) is 0 Å². The summed E-state index contributed by atoms with van der Waals surface area (Å²) < 4.78 is 16.8. The Labute approximate surface area is 141 Å². The lowest BCUT2D eigenvalue weighted by atomic mass is 10.1. The molecule has 0 heterocycles. The highest BCUT2D eigenvalue weighted by molar-refractivity contribution is 5.80. The van der Waals surface area contributed by atoms with Crippen molar-refractivity contribution in [1.82, 2.24) is 0 Å². The number of nitrogens with zero attached hydrogens (tertiary/aromatic N) is 1. The van der Waals surface area contributed by atoms with E-state index < -0.39 is 0 Å². The number of oxime groups is 1. The largest absolute Gasteiger partial charge is 0.493 e. The van der Waals surface area contributed by atoms with Crippen LogP contribution in [0.5, 0.6) is 17.2 Å². The molecule has 1 N–H and O–H groups in total. The highest BCUT2D eigenvalue weighted by atomic mass is 16.5. The number of hydrogen-bond donors (Lipinski definition) is 1. The van der Waals surface area contributed by atoms with Gasteiger partial charge in [-0.15, -0.1) is 6.58 Å². The maximum atomic E-state index is 8.57. The van der Waals surface area contributed by atoms with Crippen LogP contribution in [0.2, 0.25) is 0 Å². The summed E-state index contributed by atoms with van der Waals surface area (Å²) in [6.45, 7) is 4.55. The number of hydrogen-bond acceptors (Lipinski definition) is 5. The minimum Gasteiger partial charge on any atom is -0.493 e. The fraction of sp³-hybridized carbons (Fsp3) is 0.211. The number of para-hydroxylation sites is 1. The third-order valence-corrected chi connectivity index (χ3v) is 3.33. The van der Waals surface area contributed by atoms with Crippen molar-refractivity contribution < 1.29 is 19.4 Å². The molecule has 0 aromatic heterocycles. The Kier molecular flexibility index (Phi) is 6.71. The van der Waals surface area contributed by atoms with Crippen molar-refractivity contribution in [2.24, 2.45) is 5.16 Å². The van der Waals surface area contributed by atoms with E-state index in [4.69, 9.17) is 19.4 Å². The van der Waals surface area contributed by atoms with Gasteiger partial charge < -0.3 is 19.4 Å². The molecular formula is C19H21NO4. The molecule has 0 spiro atoms. The van der Waals surface area contributed by atoms with E-state index in [1.807, 2.05) is 30.3 Å². The number of rotatable bonds is 9. The van der Waals surface area contributed by atoms with Crippen LogP contribution < -0.4 is 14.2 Å². The van der Waals surface area contributed by atoms with Gasteiger partial charge in [-0.3, -0.25) is 0 Å². The molecule has 2 aromatic carbocycles. The van der Waals surface area contributed by atoms with E-state index in [1.165, 1.54) is 6.21 Å². The monoisotopic (exact) mass is 327 g/mol. The van der Waals surface area contributed by atoms with E-state index in [1.54, 1.807) is 25.3 Å². The third-order valence-electron chi connectivity index (χ3n) is 3.33. The van der Waals surface area contributed by atoms with E-state index in [9.17, 15) is 0 Å². The number of ether oxygens (including phenoxy) is 3. The van der Waals surface area contributed by atoms with Crippen molar-refractivity contribution in [1.29, 1.82) is 0 Å². The number of methoxy groups -OCH3 is 1. The van der Waals surface area contributed by atoms with Crippen molar-refractivity contribution in [2.75, 3.05) is 20.3 Å². The molecule has 0 fully saturated rings. The summed E-state index contributed by atoms with van der Waals surface area (Å²) >= 11 is 0. The molecule has 24 heavy (non-hydrogen) atoms. The smallest absolute Gasteiger partial charge is 0.161 e. The second-order valence-electron chi connectivity index (χ2n) is 4.95. The summed E-state index contributed by atoms with van der Waals surface area (Å²) in [4.78, 5) is 0. The Hall–Kier alpha value is -2.95. The van der Waals surface area contributed by atoms with Gasteiger partial charge in [-0.2, -0.15) is 0 Å². The van der Waals surface area contributed by atoms with Crippen LogP contribution in [-0.2, 0) is 6.42 Å². The molecule has 0 saturated heterocycles. The van der Waals surface area contributed by atoms with E-state index >= 15 is 0 Å². The molecule has 0 aliphatic carbocycles. The van der Waals surface area contributed by atoms with E-state index in [-0.39, 0.29) is 0 Å². The van der Waals surface area contributed by atoms with Crippen LogP contribution in [0.1, 0.15) is 11.1 Å². The van der Waals surface area contributed by atoms with Crippen molar-refractivity contribution in [3.05, 3.63) is 66.2 Å². The number of allylic oxidation sites excluding steroid dienone is 1. The summed E-state index contributed by atoms with van der Waals surface area (Å²) in [5.74, 6) is 2.01. The fourth-order valence-electron chi connectivity index (χ4n) is 2.22. The van der Waals surface area contributed by atoms with Gasteiger partial charge in [-0.25, -0.2) is 0 Å². The fourth-order valence-corrected chi connectivity index (χ4v) is 2.22. The molecule has 0 aliphatic heterocycles. The van der Waals surface area contributed by atoms with E-state index in [0.717, 1.165) is 23.3 Å². The molecule has 0 saturated carbocycles. The molecule has 0 unspecified atom stereocenters. The van der Waals surface area contributed by atoms with Crippen molar-refractivity contribution in [2.45, 2.75) is 6.42 Å². The van der Waals surface area contributed by atoms with Gasteiger partial charge in [-0.1, -0.05) is 29.4 Å². The maximum Gasteiger partial charge on any atom is 0.161 e. The van der Waals surface area contributed by atoms with Crippen molar-refractivity contribution >= 4 is 6.21 Å². The lowest BCUT2D eigenvalue weighted by Crippen LogP contribution is -2.10. The van der Waals surface area contributed by atoms with Crippen LogP contribution in [0.3, 0.4) is 0 Å². The van der Waals surface area contributed by atoms with Gasteiger partial charge in [0.05, 0.1) is 13.3 Å². The van der Waals surface area contributed by atoms with Crippen LogP contribution in [0, 0.1) is 0 Å². The number of benzene rings is 2. The second kappa shape index (κ2) is 9.25. The lowest BCUT2D eigenvalue weighted by Gasteiger charge is -2.13. The Bertz CT molecular complexity index is 698. The molecule has 2 rings (SSSR count). The Morgan fingerprint density at radius 2 is 1.79 bits per heavy atom. The van der Waals surface area contributed by atoms with Gasteiger partial charge in [-0.05, 0) is 36.2 Å². The van der Waals surface area contributed by atoms with Crippen LogP contribution in [-0.4, -0.2) is 31.7 Å². The topological polar surface area (TPSA) is 60.3 Å². The maximum absolute atomic E-state index is 8.57. The molecule has 0 bridgehead atoms. The molecule has 0 atom stereocenters. The average Bonchev–Trinajstić information content (AvgIpc) is 2.61. The van der Waals surface area contributed by atoms with Gasteiger partial charge in [0.2, 0.25) is 0 Å². The summed E-state index contributed by atoms with van der Waals surface area (Å²) in [7, 11) is 1.56. The molecule has 0 amide bonds. The predicted octanol–water partition coefficient (Wildman–Crippen LogP) is 3.69. The van der Waals surface area contributed by atoms with Crippen LogP contribution >= 0.6 is 0 Å². The first-order chi connectivity index (χ1) is 11.8. The molecule has 0 aliphatic rings. The third kappa shape index (κ3) is 4.78. The minimum absolute atomic E-state index is 0.381. The van der Waals surface area contributed by atoms with E-state index in [2.05, 4.69) is 11.7 Å². The van der Waals surface area contributed by atoms with Gasteiger partial charge in [0.25, 0.3) is 0 Å². The molecule has 2 aromatic rings. The molecule has 5 nitrogen and oxygen atoms in total. The van der Waals surface area contributed by atoms with Gasteiger partial charge in [0.15, 0.2) is 11.5 Å². The van der Waals surface area contributed by atoms with Crippen molar-refractivity contribution in [3.8, 4) is 17.2 Å². The van der Waals surface area contributed by atoms with E-state index in [0.29, 0.717) is 24.7 Å². The zero-order valence-electron chi connectivity index (χ0n) is 13.6.